The Morgan fingerprint density at radius 3 is 2.84 bits per heavy atom. The molecule has 0 saturated carbocycles. The number of rotatable bonds is 5. The standard InChI is InChI=1S/C14H16BrFN2S/c1-9-18-12(8-19-9)7-11(17-2)6-10-4-3-5-13(16)14(10)15/h3-5,8,11,17H,6-7H2,1-2H3. The lowest BCUT2D eigenvalue weighted by Crippen LogP contribution is -2.30. The van der Waals surface area contributed by atoms with Gasteiger partial charge in [-0.2, -0.15) is 0 Å². The second-order valence-corrected chi connectivity index (χ2v) is 6.32. The number of nitrogens with one attached hydrogen (secondary N) is 1. The molecule has 0 saturated heterocycles. The number of hydrogen-bond acceptors (Lipinski definition) is 3. The summed E-state index contributed by atoms with van der Waals surface area (Å²) in [6.45, 7) is 2.01. The van der Waals surface area contributed by atoms with Gasteiger partial charge in [-0.1, -0.05) is 12.1 Å². The molecule has 19 heavy (non-hydrogen) atoms. The van der Waals surface area contributed by atoms with E-state index in [0.29, 0.717) is 4.47 Å². The molecule has 1 unspecified atom stereocenters. The third-order valence-corrected chi connectivity index (χ3v) is 4.74. The maximum Gasteiger partial charge on any atom is 0.137 e. The normalized spacial score (nSPS) is 12.6. The van der Waals surface area contributed by atoms with Crippen molar-refractivity contribution in [3.05, 3.63) is 50.1 Å². The van der Waals surface area contributed by atoms with E-state index in [1.165, 1.54) is 6.07 Å². The van der Waals surface area contributed by atoms with E-state index in [4.69, 9.17) is 0 Å². The van der Waals surface area contributed by atoms with Gasteiger partial charge in [-0.05, 0) is 48.0 Å². The van der Waals surface area contributed by atoms with Crippen LogP contribution in [-0.2, 0) is 12.8 Å². The van der Waals surface area contributed by atoms with E-state index >= 15 is 0 Å². The largest absolute Gasteiger partial charge is 0.316 e. The Morgan fingerprint density at radius 2 is 2.21 bits per heavy atom. The number of hydrogen-bond donors (Lipinski definition) is 1. The van der Waals surface area contributed by atoms with Gasteiger partial charge in [0.05, 0.1) is 15.2 Å². The molecule has 0 radical (unpaired) electrons. The minimum Gasteiger partial charge on any atom is -0.316 e. The Morgan fingerprint density at radius 1 is 1.42 bits per heavy atom. The van der Waals surface area contributed by atoms with Gasteiger partial charge in [-0.25, -0.2) is 9.37 Å². The number of benzene rings is 1. The van der Waals surface area contributed by atoms with Crippen LogP contribution in [0.4, 0.5) is 4.39 Å². The van der Waals surface area contributed by atoms with Crippen molar-refractivity contribution in [2.45, 2.75) is 25.8 Å². The van der Waals surface area contributed by atoms with Crippen LogP contribution < -0.4 is 5.32 Å². The maximum absolute atomic E-state index is 13.5. The smallest absolute Gasteiger partial charge is 0.137 e. The lowest BCUT2D eigenvalue weighted by molar-refractivity contribution is 0.546. The van der Waals surface area contributed by atoms with Crippen molar-refractivity contribution in [2.24, 2.45) is 0 Å². The first kappa shape index (κ1) is 14.6. The van der Waals surface area contributed by atoms with Crippen LogP contribution in [-0.4, -0.2) is 18.1 Å². The highest BCUT2D eigenvalue weighted by Gasteiger charge is 2.13. The number of likely N-dealkylation sites (N-methyl/N-ethyl adjacent to an activating group) is 1. The fraction of sp³-hybridized carbons (Fsp3) is 0.357. The van der Waals surface area contributed by atoms with E-state index in [1.54, 1.807) is 17.4 Å². The molecule has 2 rings (SSSR count). The van der Waals surface area contributed by atoms with Gasteiger partial charge in [0.1, 0.15) is 5.82 Å². The SMILES string of the molecule is CNC(Cc1csc(C)n1)Cc1cccc(F)c1Br. The molecule has 0 fully saturated rings. The molecule has 0 aliphatic carbocycles. The first-order valence-electron chi connectivity index (χ1n) is 6.11. The molecule has 0 spiro atoms. The van der Waals surface area contributed by atoms with Gasteiger partial charge in [0.15, 0.2) is 0 Å². The zero-order valence-electron chi connectivity index (χ0n) is 10.9. The molecule has 0 aliphatic rings. The third kappa shape index (κ3) is 3.84. The van der Waals surface area contributed by atoms with Gasteiger partial charge < -0.3 is 5.32 Å². The van der Waals surface area contributed by atoms with Gasteiger partial charge in [0.2, 0.25) is 0 Å². The average molecular weight is 343 g/mol. The van der Waals surface area contributed by atoms with Gasteiger partial charge in [0.25, 0.3) is 0 Å². The van der Waals surface area contributed by atoms with Crippen molar-refractivity contribution in [3.8, 4) is 0 Å². The summed E-state index contributed by atoms with van der Waals surface area (Å²) in [5.41, 5.74) is 2.07. The van der Waals surface area contributed by atoms with Gasteiger partial charge in [-0.3, -0.25) is 0 Å². The van der Waals surface area contributed by atoms with E-state index in [9.17, 15) is 4.39 Å². The molecule has 0 aliphatic heterocycles. The Kier molecular flexibility index (Phi) is 5.07. The summed E-state index contributed by atoms with van der Waals surface area (Å²) in [6.07, 6.45) is 1.62. The molecule has 2 nitrogen and oxygen atoms in total. The quantitative estimate of drug-likeness (QED) is 0.895. The molecule has 1 heterocycles. The third-order valence-electron chi connectivity index (χ3n) is 3.03. The van der Waals surface area contributed by atoms with Crippen molar-refractivity contribution >= 4 is 27.3 Å². The van der Waals surface area contributed by atoms with Gasteiger partial charge >= 0.3 is 0 Å². The topological polar surface area (TPSA) is 24.9 Å². The monoisotopic (exact) mass is 342 g/mol. The summed E-state index contributed by atoms with van der Waals surface area (Å²) in [4.78, 5) is 4.47. The highest BCUT2D eigenvalue weighted by molar-refractivity contribution is 9.10. The summed E-state index contributed by atoms with van der Waals surface area (Å²) in [5, 5.41) is 6.44. The van der Waals surface area contributed by atoms with Crippen molar-refractivity contribution in [3.63, 3.8) is 0 Å². The Labute approximate surface area is 125 Å². The minimum absolute atomic E-state index is 0.211. The molecular weight excluding hydrogens is 327 g/mol. The van der Waals surface area contributed by atoms with Crippen LogP contribution >= 0.6 is 27.3 Å². The Hall–Kier alpha value is -0.780. The molecule has 5 heteroatoms. The lowest BCUT2D eigenvalue weighted by atomic mass is 10.0. The predicted molar refractivity (Wildman–Crippen MR) is 81.2 cm³/mol. The van der Waals surface area contributed by atoms with Crippen molar-refractivity contribution in [1.82, 2.24) is 10.3 Å². The first-order chi connectivity index (χ1) is 9.10. The maximum atomic E-state index is 13.5. The first-order valence-corrected chi connectivity index (χ1v) is 7.78. The number of nitrogens with zero attached hydrogens (tertiary/aromatic N) is 1. The summed E-state index contributed by atoms with van der Waals surface area (Å²) in [7, 11) is 1.93. The summed E-state index contributed by atoms with van der Waals surface area (Å²) >= 11 is 4.97. The highest BCUT2D eigenvalue weighted by Crippen LogP contribution is 2.22. The van der Waals surface area contributed by atoms with Crippen molar-refractivity contribution < 1.29 is 4.39 Å². The fourth-order valence-corrected chi connectivity index (χ4v) is 3.05. The molecule has 1 aromatic heterocycles. The molecule has 1 aromatic carbocycles. The zero-order chi connectivity index (χ0) is 13.8. The van der Waals surface area contributed by atoms with E-state index < -0.39 is 0 Å². The molecule has 1 atom stereocenters. The van der Waals surface area contributed by atoms with Crippen LogP contribution in [0, 0.1) is 12.7 Å². The van der Waals surface area contributed by atoms with Crippen molar-refractivity contribution in [2.75, 3.05) is 7.05 Å². The Bertz CT molecular complexity index is 556. The fourth-order valence-electron chi connectivity index (χ4n) is 2.00. The molecular formula is C14H16BrFN2S. The van der Waals surface area contributed by atoms with Crippen LogP contribution in [0.2, 0.25) is 0 Å². The van der Waals surface area contributed by atoms with E-state index in [1.807, 2.05) is 20.0 Å². The van der Waals surface area contributed by atoms with Crippen LogP contribution in [0.15, 0.2) is 28.1 Å². The van der Waals surface area contributed by atoms with E-state index in [0.717, 1.165) is 29.1 Å². The van der Waals surface area contributed by atoms with E-state index in [-0.39, 0.29) is 11.9 Å². The lowest BCUT2D eigenvalue weighted by Gasteiger charge is -2.16. The van der Waals surface area contributed by atoms with Gasteiger partial charge in [0, 0.05) is 17.8 Å². The Balaban J connectivity index is 2.08. The van der Waals surface area contributed by atoms with Crippen molar-refractivity contribution in [1.29, 1.82) is 0 Å². The summed E-state index contributed by atoms with van der Waals surface area (Å²) < 4.78 is 14.0. The molecule has 2 aromatic rings. The molecule has 1 N–H and O–H groups in total. The van der Waals surface area contributed by atoms with Crippen LogP contribution in [0.25, 0.3) is 0 Å². The van der Waals surface area contributed by atoms with Gasteiger partial charge in [-0.15, -0.1) is 11.3 Å². The number of aromatic nitrogens is 1. The van der Waals surface area contributed by atoms with Crippen LogP contribution in [0.5, 0.6) is 0 Å². The number of aryl methyl sites for hydroxylation is 1. The predicted octanol–water partition coefficient (Wildman–Crippen LogP) is 3.73. The highest BCUT2D eigenvalue weighted by atomic mass is 79.9. The summed E-state index contributed by atoms with van der Waals surface area (Å²) in [6, 6.07) is 5.41. The molecule has 0 amide bonds. The minimum atomic E-state index is -0.211. The van der Waals surface area contributed by atoms with Crippen LogP contribution in [0.3, 0.4) is 0 Å². The van der Waals surface area contributed by atoms with E-state index in [2.05, 4.69) is 31.6 Å². The molecule has 102 valence electrons. The number of halogens is 2. The summed E-state index contributed by atoms with van der Waals surface area (Å²) in [5.74, 6) is -0.211. The average Bonchev–Trinajstić information content (AvgIpc) is 2.79. The molecule has 0 bridgehead atoms. The van der Waals surface area contributed by atoms with Crippen LogP contribution in [0.1, 0.15) is 16.3 Å². The number of thiazole rings is 1. The zero-order valence-corrected chi connectivity index (χ0v) is 13.3. The second kappa shape index (κ2) is 6.59. The second-order valence-electron chi connectivity index (χ2n) is 4.46.